The van der Waals surface area contributed by atoms with Crippen LogP contribution >= 0.6 is 11.6 Å². The number of anilines is 1. The smallest absolute Gasteiger partial charge is 0.261 e. The van der Waals surface area contributed by atoms with Gasteiger partial charge in [0, 0.05) is 55.9 Å². The monoisotopic (exact) mass is 396 g/mol. The average molecular weight is 397 g/mol. The molecule has 3 aromatic rings. The van der Waals surface area contributed by atoms with Gasteiger partial charge in [0.2, 0.25) is 0 Å². The third-order valence-corrected chi connectivity index (χ3v) is 5.73. The van der Waals surface area contributed by atoms with Crippen LogP contribution < -0.4 is 10.5 Å². The van der Waals surface area contributed by atoms with E-state index >= 15 is 0 Å². The van der Waals surface area contributed by atoms with E-state index in [4.69, 9.17) is 11.6 Å². The number of pyridine rings is 1. The van der Waals surface area contributed by atoms with Crippen molar-refractivity contribution in [3.8, 4) is 0 Å². The molecule has 0 bridgehead atoms. The lowest BCUT2D eigenvalue weighted by molar-refractivity contribution is 0.260. The van der Waals surface area contributed by atoms with Crippen LogP contribution in [0, 0.1) is 13.8 Å². The predicted molar refractivity (Wildman–Crippen MR) is 115 cm³/mol. The zero-order chi connectivity index (χ0) is 19.7. The number of nitrogens with zero attached hydrogens (tertiary/aromatic N) is 4. The molecule has 1 aromatic carbocycles. The summed E-state index contributed by atoms with van der Waals surface area (Å²) >= 11 is 6.06. The summed E-state index contributed by atoms with van der Waals surface area (Å²) in [5, 5.41) is 0.540. The molecule has 28 heavy (non-hydrogen) atoms. The van der Waals surface area contributed by atoms with Crippen molar-refractivity contribution in [1.29, 1.82) is 0 Å². The van der Waals surface area contributed by atoms with Crippen molar-refractivity contribution in [3.05, 3.63) is 74.8 Å². The van der Waals surface area contributed by atoms with Crippen LogP contribution in [-0.4, -0.2) is 47.0 Å². The third-order valence-electron chi connectivity index (χ3n) is 5.50. The highest BCUT2D eigenvalue weighted by molar-refractivity contribution is 6.30. The molecular weight excluding hydrogens is 372 g/mol. The summed E-state index contributed by atoms with van der Waals surface area (Å²) in [4.78, 5) is 22.3. The summed E-state index contributed by atoms with van der Waals surface area (Å²) in [6.07, 6.45) is 2.35. The first-order valence-electron chi connectivity index (χ1n) is 9.72. The normalized spacial score (nSPS) is 15.3. The molecule has 2 aromatic heterocycles. The maximum absolute atomic E-state index is 12.9. The van der Waals surface area contributed by atoms with Crippen LogP contribution in [0.2, 0.25) is 5.02 Å². The Morgan fingerprint density at radius 2 is 1.86 bits per heavy atom. The third kappa shape index (κ3) is 3.91. The second-order valence-corrected chi connectivity index (χ2v) is 7.91. The topological polar surface area (TPSA) is 40.9 Å². The van der Waals surface area contributed by atoms with Crippen LogP contribution in [0.3, 0.4) is 0 Å². The zero-order valence-corrected chi connectivity index (χ0v) is 17.1. The predicted octanol–water partition coefficient (Wildman–Crippen LogP) is 3.33. The van der Waals surface area contributed by atoms with E-state index in [9.17, 15) is 4.79 Å². The molecule has 0 unspecified atom stereocenters. The van der Waals surface area contributed by atoms with Crippen LogP contribution in [0.4, 0.5) is 5.69 Å². The van der Waals surface area contributed by atoms with Gasteiger partial charge in [-0.1, -0.05) is 23.7 Å². The van der Waals surface area contributed by atoms with E-state index < -0.39 is 0 Å². The Labute approximate surface area is 170 Å². The molecule has 1 fully saturated rings. The molecule has 1 saturated heterocycles. The summed E-state index contributed by atoms with van der Waals surface area (Å²) in [7, 11) is 0. The molecule has 0 saturated carbocycles. The van der Waals surface area contributed by atoms with E-state index in [2.05, 4.69) is 46.0 Å². The number of aryl methyl sites for hydroxylation is 2. The number of piperazine rings is 1. The lowest BCUT2D eigenvalue weighted by Crippen LogP contribution is -2.47. The average Bonchev–Trinajstić information content (AvgIpc) is 2.69. The van der Waals surface area contributed by atoms with Gasteiger partial charge >= 0.3 is 0 Å². The molecular formula is C22H25ClN4O. The first-order valence-corrected chi connectivity index (χ1v) is 10.1. The summed E-state index contributed by atoms with van der Waals surface area (Å²) < 4.78 is 1.56. The van der Waals surface area contributed by atoms with Gasteiger partial charge in [-0.05, 0) is 50.1 Å². The first kappa shape index (κ1) is 19.0. The quantitative estimate of drug-likeness (QED) is 0.678. The van der Waals surface area contributed by atoms with Gasteiger partial charge in [-0.3, -0.25) is 14.1 Å². The Morgan fingerprint density at radius 3 is 2.61 bits per heavy atom. The minimum Gasteiger partial charge on any atom is -0.369 e. The highest BCUT2D eigenvalue weighted by Crippen LogP contribution is 2.18. The number of hydrogen-bond acceptors (Lipinski definition) is 4. The molecule has 5 nitrogen and oxygen atoms in total. The molecule has 0 amide bonds. The van der Waals surface area contributed by atoms with Gasteiger partial charge in [0.15, 0.2) is 0 Å². The fourth-order valence-corrected chi connectivity index (χ4v) is 4.03. The van der Waals surface area contributed by atoms with Crippen LogP contribution in [-0.2, 0) is 6.42 Å². The van der Waals surface area contributed by atoms with Crippen molar-refractivity contribution in [2.45, 2.75) is 20.3 Å². The maximum atomic E-state index is 12.9. The van der Waals surface area contributed by atoms with Crippen LogP contribution in [0.1, 0.15) is 16.8 Å². The highest BCUT2D eigenvalue weighted by Gasteiger charge is 2.18. The van der Waals surface area contributed by atoms with E-state index in [1.54, 1.807) is 22.7 Å². The van der Waals surface area contributed by atoms with Gasteiger partial charge < -0.3 is 4.90 Å². The van der Waals surface area contributed by atoms with Crippen molar-refractivity contribution in [2.24, 2.45) is 0 Å². The number of rotatable bonds is 4. The molecule has 3 heterocycles. The van der Waals surface area contributed by atoms with Gasteiger partial charge in [-0.15, -0.1) is 0 Å². The molecule has 4 rings (SSSR count). The van der Waals surface area contributed by atoms with Crippen molar-refractivity contribution in [3.63, 3.8) is 0 Å². The van der Waals surface area contributed by atoms with Gasteiger partial charge in [0.25, 0.3) is 5.56 Å². The SMILES string of the molecule is Cc1cccc(N2CCN(CCc3c(C)nc4ccc(Cl)cn4c3=O)CC2)c1. The molecule has 146 valence electrons. The van der Waals surface area contributed by atoms with Crippen molar-refractivity contribution in [1.82, 2.24) is 14.3 Å². The second-order valence-electron chi connectivity index (χ2n) is 7.47. The summed E-state index contributed by atoms with van der Waals surface area (Å²) in [6.45, 7) is 8.93. The fourth-order valence-electron chi connectivity index (χ4n) is 3.87. The number of fused-ring (bicyclic) bond motifs is 1. The maximum Gasteiger partial charge on any atom is 0.261 e. The number of halogens is 1. The number of hydrogen-bond donors (Lipinski definition) is 0. The zero-order valence-electron chi connectivity index (χ0n) is 16.4. The van der Waals surface area contributed by atoms with E-state index in [1.807, 2.05) is 6.92 Å². The van der Waals surface area contributed by atoms with Crippen molar-refractivity contribution < 1.29 is 0 Å². The Morgan fingerprint density at radius 1 is 1.07 bits per heavy atom. The Balaban J connectivity index is 1.42. The lowest BCUT2D eigenvalue weighted by atomic mass is 10.1. The fraction of sp³-hybridized carbons (Fsp3) is 0.364. The molecule has 0 radical (unpaired) electrons. The minimum atomic E-state index is -0.0107. The van der Waals surface area contributed by atoms with E-state index in [-0.39, 0.29) is 5.56 Å². The Bertz CT molecular complexity index is 1050. The summed E-state index contributed by atoms with van der Waals surface area (Å²) in [5.41, 5.74) is 4.81. The van der Waals surface area contributed by atoms with Crippen molar-refractivity contribution in [2.75, 3.05) is 37.6 Å². The number of benzene rings is 1. The van der Waals surface area contributed by atoms with E-state index in [0.29, 0.717) is 17.1 Å². The van der Waals surface area contributed by atoms with Gasteiger partial charge in [-0.2, -0.15) is 0 Å². The molecule has 0 spiro atoms. The molecule has 0 N–H and O–H groups in total. The summed E-state index contributed by atoms with van der Waals surface area (Å²) in [6, 6.07) is 12.2. The summed E-state index contributed by atoms with van der Waals surface area (Å²) in [5.74, 6) is 0. The van der Waals surface area contributed by atoms with Crippen LogP contribution in [0.15, 0.2) is 47.4 Å². The molecule has 1 aliphatic heterocycles. The minimum absolute atomic E-state index is 0.0107. The van der Waals surface area contributed by atoms with E-state index in [1.165, 1.54) is 11.3 Å². The van der Waals surface area contributed by atoms with Gasteiger partial charge in [0.05, 0.1) is 5.02 Å². The van der Waals surface area contributed by atoms with Gasteiger partial charge in [-0.25, -0.2) is 4.98 Å². The highest BCUT2D eigenvalue weighted by atomic mass is 35.5. The molecule has 0 aliphatic carbocycles. The Hall–Kier alpha value is -2.37. The van der Waals surface area contributed by atoms with Crippen molar-refractivity contribution >= 4 is 22.9 Å². The standard InChI is InChI=1S/C22H25ClN4O/c1-16-4-3-5-19(14-16)26-12-10-25(11-13-26)9-8-20-17(2)24-21-7-6-18(23)15-27(21)22(20)28/h3-7,14-15H,8-13H2,1-2H3. The Kier molecular flexibility index (Phi) is 5.38. The number of aromatic nitrogens is 2. The first-order chi connectivity index (χ1) is 13.5. The van der Waals surface area contributed by atoms with E-state index in [0.717, 1.165) is 44.0 Å². The molecule has 1 aliphatic rings. The second kappa shape index (κ2) is 7.94. The lowest BCUT2D eigenvalue weighted by Gasteiger charge is -2.36. The van der Waals surface area contributed by atoms with Crippen LogP contribution in [0.25, 0.3) is 5.65 Å². The molecule has 6 heteroatoms. The van der Waals surface area contributed by atoms with Crippen LogP contribution in [0.5, 0.6) is 0 Å². The van der Waals surface area contributed by atoms with Gasteiger partial charge in [0.1, 0.15) is 5.65 Å². The largest absolute Gasteiger partial charge is 0.369 e. The molecule has 0 atom stereocenters.